The van der Waals surface area contributed by atoms with Gasteiger partial charge in [0.1, 0.15) is 6.54 Å². The summed E-state index contributed by atoms with van der Waals surface area (Å²) in [6.07, 6.45) is -4.48. The topological polar surface area (TPSA) is 75.4 Å². The van der Waals surface area contributed by atoms with Crippen LogP contribution in [-0.4, -0.2) is 43.0 Å². The first-order valence-electron chi connectivity index (χ1n) is 6.05. The molecule has 1 aromatic rings. The van der Waals surface area contributed by atoms with Gasteiger partial charge >= 0.3 is 6.18 Å². The summed E-state index contributed by atoms with van der Waals surface area (Å²) in [6.45, 7) is -0.119. The second-order valence-electron chi connectivity index (χ2n) is 4.62. The number of amides is 2. The minimum atomic E-state index is -4.48. The van der Waals surface area contributed by atoms with Gasteiger partial charge in [0, 0.05) is 18.3 Å². The number of aryl methyl sites for hydroxylation is 1. The molecule has 0 atom stereocenters. The Morgan fingerprint density at radius 1 is 1.33 bits per heavy atom. The molecule has 21 heavy (non-hydrogen) atoms. The number of carbonyl (C=O) groups excluding carboxylic acids is 2. The number of benzene rings is 1. The maximum absolute atomic E-state index is 12.0. The van der Waals surface area contributed by atoms with E-state index < -0.39 is 31.1 Å². The summed E-state index contributed by atoms with van der Waals surface area (Å²) in [6, 6.07) is 4.65. The summed E-state index contributed by atoms with van der Waals surface area (Å²) >= 11 is 0. The summed E-state index contributed by atoms with van der Waals surface area (Å²) in [4.78, 5) is 24.4. The minimum absolute atomic E-state index is 0.268. The van der Waals surface area contributed by atoms with Gasteiger partial charge < -0.3 is 16.0 Å². The number of carbonyl (C=O) groups is 2. The molecular weight excluding hydrogens is 287 g/mol. The van der Waals surface area contributed by atoms with Crippen molar-refractivity contribution in [3.8, 4) is 0 Å². The van der Waals surface area contributed by atoms with Gasteiger partial charge in [0.2, 0.25) is 5.91 Å². The van der Waals surface area contributed by atoms with Gasteiger partial charge in [0.15, 0.2) is 0 Å². The third kappa shape index (κ3) is 5.33. The molecule has 0 saturated heterocycles. The van der Waals surface area contributed by atoms with Gasteiger partial charge in [-0.05, 0) is 24.6 Å². The minimum Gasteiger partial charge on any atom is -0.398 e. The molecule has 0 saturated carbocycles. The van der Waals surface area contributed by atoms with Crippen LogP contribution in [0.15, 0.2) is 18.2 Å². The van der Waals surface area contributed by atoms with Gasteiger partial charge in [0.05, 0.1) is 6.54 Å². The standard InChI is InChI=1S/C13H16F3N3O2/c1-8-3-4-9(5-10(8)17)12(21)19(2)6-11(20)18-7-13(14,15)16/h3-5H,6-7,17H2,1-2H3,(H,18,20). The summed E-state index contributed by atoms with van der Waals surface area (Å²) < 4.78 is 35.9. The first kappa shape index (κ1) is 16.8. The zero-order valence-electron chi connectivity index (χ0n) is 11.6. The van der Waals surface area contributed by atoms with Gasteiger partial charge in [-0.1, -0.05) is 6.07 Å². The molecule has 116 valence electrons. The smallest absolute Gasteiger partial charge is 0.398 e. The average Bonchev–Trinajstić information content (AvgIpc) is 2.38. The average molecular weight is 303 g/mol. The molecule has 5 nitrogen and oxygen atoms in total. The van der Waals surface area contributed by atoms with Gasteiger partial charge in [-0.3, -0.25) is 9.59 Å². The maximum Gasteiger partial charge on any atom is 0.405 e. The molecule has 0 aliphatic heterocycles. The number of halogens is 3. The molecule has 0 heterocycles. The van der Waals surface area contributed by atoms with Crippen molar-refractivity contribution in [2.75, 3.05) is 25.9 Å². The number of nitrogens with zero attached hydrogens (tertiary/aromatic N) is 1. The monoisotopic (exact) mass is 303 g/mol. The number of rotatable bonds is 4. The Morgan fingerprint density at radius 2 is 1.95 bits per heavy atom. The number of alkyl halides is 3. The quantitative estimate of drug-likeness (QED) is 0.824. The van der Waals surface area contributed by atoms with E-state index in [1.54, 1.807) is 18.3 Å². The van der Waals surface area contributed by atoms with Crippen LogP contribution in [0.5, 0.6) is 0 Å². The van der Waals surface area contributed by atoms with Crippen LogP contribution in [0.1, 0.15) is 15.9 Å². The number of hydrogen-bond donors (Lipinski definition) is 2. The molecule has 0 bridgehead atoms. The van der Waals surface area contributed by atoms with Crippen LogP contribution in [-0.2, 0) is 4.79 Å². The first-order chi connectivity index (χ1) is 9.60. The van der Waals surface area contributed by atoms with Crippen molar-refractivity contribution in [3.05, 3.63) is 29.3 Å². The predicted octanol–water partition coefficient (Wildman–Crippen LogP) is 1.33. The van der Waals surface area contributed by atoms with Crippen LogP contribution in [0.2, 0.25) is 0 Å². The fraction of sp³-hybridized carbons (Fsp3) is 0.385. The Kier molecular flexibility index (Phi) is 5.17. The van der Waals surface area contributed by atoms with Gasteiger partial charge in [-0.25, -0.2) is 0 Å². The number of hydrogen-bond acceptors (Lipinski definition) is 3. The molecule has 0 aliphatic carbocycles. The molecule has 2 amide bonds. The zero-order valence-corrected chi connectivity index (χ0v) is 11.6. The van der Waals surface area contributed by atoms with E-state index in [1.807, 2.05) is 0 Å². The fourth-order valence-corrected chi connectivity index (χ4v) is 1.54. The maximum atomic E-state index is 12.0. The number of nitrogen functional groups attached to an aromatic ring is 1. The number of nitrogens with one attached hydrogen (secondary N) is 1. The number of nitrogens with two attached hydrogens (primary N) is 1. The molecule has 0 aliphatic rings. The largest absolute Gasteiger partial charge is 0.405 e. The third-order valence-corrected chi connectivity index (χ3v) is 2.74. The highest BCUT2D eigenvalue weighted by Gasteiger charge is 2.28. The highest BCUT2D eigenvalue weighted by molar-refractivity contribution is 5.97. The Hall–Kier alpha value is -2.25. The fourth-order valence-electron chi connectivity index (χ4n) is 1.54. The second-order valence-corrected chi connectivity index (χ2v) is 4.62. The van der Waals surface area contributed by atoms with Crippen molar-refractivity contribution < 1.29 is 22.8 Å². The lowest BCUT2D eigenvalue weighted by Gasteiger charge is -2.17. The lowest BCUT2D eigenvalue weighted by atomic mass is 10.1. The SMILES string of the molecule is Cc1ccc(C(=O)N(C)CC(=O)NCC(F)(F)F)cc1N. The Balaban J connectivity index is 2.62. The van der Waals surface area contributed by atoms with Gasteiger partial charge in [0.25, 0.3) is 5.91 Å². The van der Waals surface area contributed by atoms with E-state index in [0.29, 0.717) is 5.69 Å². The molecule has 0 unspecified atom stereocenters. The van der Waals surface area contributed by atoms with E-state index in [4.69, 9.17) is 5.73 Å². The van der Waals surface area contributed by atoms with Crippen molar-refractivity contribution in [1.29, 1.82) is 0 Å². The van der Waals surface area contributed by atoms with Gasteiger partial charge in [-0.2, -0.15) is 13.2 Å². The Bertz CT molecular complexity index is 544. The van der Waals surface area contributed by atoms with Crippen LogP contribution in [0.4, 0.5) is 18.9 Å². The summed E-state index contributed by atoms with van der Waals surface area (Å²) in [5.74, 6) is -1.38. The molecule has 1 rings (SSSR count). The van der Waals surface area contributed by atoms with E-state index in [-0.39, 0.29) is 5.56 Å². The lowest BCUT2D eigenvalue weighted by Crippen LogP contribution is -2.41. The van der Waals surface area contributed by atoms with Crippen LogP contribution >= 0.6 is 0 Å². The highest BCUT2D eigenvalue weighted by Crippen LogP contribution is 2.14. The second kappa shape index (κ2) is 6.47. The summed E-state index contributed by atoms with van der Waals surface area (Å²) in [5, 5.41) is 1.70. The third-order valence-electron chi connectivity index (χ3n) is 2.74. The van der Waals surface area contributed by atoms with Crippen molar-refractivity contribution in [1.82, 2.24) is 10.2 Å². The molecule has 8 heteroatoms. The predicted molar refractivity (Wildman–Crippen MR) is 71.6 cm³/mol. The van der Waals surface area contributed by atoms with E-state index in [9.17, 15) is 22.8 Å². The van der Waals surface area contributed by atoms with E-state index in [2.05, 4.69) is 0 Å². The van der Waals surface area contributed by atoms with Crippen molar-refractivity contribution >= 4 is 17.5 Å². The Labute approximate surface area is 119 Å². The van der Waals surface area contributed by atoms with Crippen molar-refractivity contribution in [2.45, 2.75) is 13.1 Å². The van der Waals surface area contributed by atoms with Crippen molar-refractivity contribution in [3.63, 3.8) is 0 Å². The molecule has 0 fully saturated rings. The van der Waals surface area contributed by atoms with Crippen LogP contribution < -0.4 is 11.1 Å². The Morgan fingerprint density at radius 3 is 2.48 bits per heavy atom. The van der Waals surface area contributed by atoms with E-state index in [1.165, 1.54) is 19.2 Å². The summed E-state index contributed by atoms with van der Waals surface area (Å²) in [5.41, 5.74) is 7.18. The molecule has 3 N–H and O–H groups in total. The highest BCUT2D eigenvalue weighted by atomic mass is 19.4. The van der Waals surface area contributed by atoms with E-state index in [0.717, 1.165) is 10.5 Å². The number of anilines is 1. The molecule has 1 aromatic carbocycles. The van der Waals surface area contributed by atoms with Gasteiger partial charge in [-0.15, -0.1) is 0 Å². The molecule has 0 radical (unpaired) electrons. The zero-order chi connectivity index (χ0) is 16.2. The normalized spacial score (nSPS) is 11.1. The first-order valence-corrected chi connectivity index (χ1v) is 6.05. The van der Waals surface area contributed by atoms with Crippen molar-refractivity contribution in [2.24, 2.45) is 0 Å². The number of likely N-dealkylation sites (N-methyl/N-ethyl adjacent to an activating group) is 1. The van der Waals surface area contributed by atoms with Crippen LogP contribution in [0, 0.1) is 6.92 Å². The molecule has 0 spiro atoms. The van der Waals surface area contributed by atoms with Crippen LogP contribution in [0.25, 0.3) is 0 Å². The van der Waals surface area contributed by atoms with Crippen LogP contribution in [0.3, 0.4) is 0 Å². The summed E-state index contributed by atoms with van der Waals surface area (Å²) in [7, 11) is 1.32. The molecular formula is C13H16F3N3O2. The lowest BCUT2D eigenvalue weighted by molar-refractivity contribution is -0.138. The van der Waals surface area contributed by atoms with E-state index >= 15 is 0 Å². The molecule has 0 aromatic heterocycles.